The second-order valence-corrected chi connectivity index (χ2v) is 7.86. The number of likely N-dealkylation sites (tertiary alicyclic amines) is 1. The molecule has 0 atom stereocenters. The van der Waals surface area contributed by atoms with Crippen molar-refractivity contribution in [2.24, 2.45) is 0 Å². The molecule has 0 aromatic heterocycles. The maximum Gasteiger partial charge on any atom is 0.255 e. The summed E-state index contributed by atoms with van der Waals surface area (Å²) in [5, 5.41) is 3.38. The molecular formula is C21H28ClN3O4. The summed E-state index contributed by atoms with van der Waals surface area (Å²) in [7, 11) is 0. The van der Waals surface area contributed by atoms with Gasteiger partial charge in [0, 0.05) is 50.6 Å². The number of benzene rings is 1. The average Bonchev–Trinajstić information content (AvgIpc) is 3.12. The first-order valence-electron chi connectivity index (χ1n) is 10.3. The van der Waals surface area contributed by atoms with Crippen molar-refractivity contribution in [2.75, 3.05) is 39.3 Å². The molecule has 2 aliphatic rings. The van der Waals surface area contributed by atoms with E-state index < -0.39 is 0 Å². The van der Waals surface area contributed by atoms with Crippen molar-refractivity contribution < 1.29 is 19.1 Å². The molecule has 0 radical (unpaired) electrons. The van der Waals surface area contributed by atoms with Crippen LogP contribution in [0.1, 0.15) is 48.9 Å². The van der Waals surface area contributed by atoms with Gasteiger partial charge in [0.2, 0.25) is 11.8 Å². The zero-order valence-electron chi connectivity index (χ0n) is 16.6. The van der Waals surface area contributed by atoms with E-state index in [1.807, 2.05) is 4.90 Å². The summed E-state index contributed by atoms with van der Waals surface area (Å²) in [6.45, 7) is 3.40. The molecule has 0 bridgehead atoms. The number of fused-ring (bicyclic) bond motifs is 1. The highest BCUT2D eigenvalue weighted by atomic mass is 35.5. The van der Waals surface area contributed by atoms with Gasteiger partial charge in [0.05, 0.1) is 12.2 Å². The van der Waals surface area contributed by atoms with E-state index in [-0.39, 0.29) is 17.7 Å². The van der Waals surface area contributed by atoms with Crippen LogP contribution >= 0.6 is 11.6 Å². The normalized spacial score (nSPS) is 18.8. The second kappa shape index (κ2) is 10.5. The molecule has 1 N–H and O–H groups in total. The maximum absolute atomic E-state index is 12.7. The number of halogens is 1. The molecule has 0 aliphatic carbocycles. The predicted molar refractivity (Wildman–Crippen MR) is 110 cm³/mol. The van der Waals surface area contributed by atoms with Crippen LogP contribution in [0.2, 0.25) is 5.02 Å². The molecule has 1 fully saturated rings. The molecule has 2 aliphatic heterocycles. The number of hydrogen-bond donors (Lipinski definition) is 1. The van der Waals surface area contributed by atoms with Gasteiger partial charge in [-0.25, -0.2) is 0 Å². The van der Waals surface area contributed by atoms with Crippen LogP contribution in [-0.2, 0) is 9.59 Å². The molecule has 3 rings (SSSR count). The van der Waals surface area contributed by atoms with Crippen molar-refractivity contribution in [1.82, 2.24) is 15.1 Å². The number of amides is 3. The molecule has 1 saturated heterocycles. The molecule has 1 aromatic rings. The maximum atomic E-state index is 12.7. The molecule has 29 heavy (non-hydrogen) atoms. The Kier molecular flexibility index (Phi) is 7.75. The summed E-state index contributed by atoms with van der Waals surface area (Å²) in [5.41, 5.74) is 0.431. The van der Waals surface area contributed by atoms with Crippen molar-refractivity contribution in [3.05, 3.63) is 28.8 Å². The smallest absolute Gasteiger partial charge is 0.255 e. The highest BCUT2D eigenvalue weighted by Gasteiger charge is 2.22. The van der Waals surface area contributed by atoms with E-state index in [4.69, 9.17) is 16.3 Å². The Balaban J connectivity index is 1.58. The van der Waals surface area contributed by atoms with Crippen molar-refractivity contribution >= 4 is 29.3 Å². The highest BCUT2D eigenvalue weighted by molar-refractivity contribution is 6.31. The van der Waals surface area contributed by atoms with Crippen molar-refractivity contribution in [3.8, 4) is 5.75 Å². The minimum absolute atomic E-state index is 0.0655. The third-order valence-electron chi connectivity index (χ3n) is 5.28. The van der Waals surface area contributed by atoms with Crippen LogP contribution in [0.3, 0.4) is 0 Å². The van der Waals surface area contributed by atoms with E-state index in [0.717, 1.165) is 25.8 Å². The molecule has 0 saturated carbocycles. The first-order chi connectivity index (χ1) is 14.0. The summed E-state index contributed by atoms with van der Waals surface area (Å²) in [6, 6.07) is 5.01. The topological polar surface area (TPSA) is 79.0 Å². The van der Waals surface area contributed by atoms with Crippen LogP contribution in [0, 0.1) is 0 Å². The van der Waals surface area contributed by atoms with Gasteiger partial charge >= 0.3 is 0 Å². The lowest BCUT2D eigenvalue weighted by Gasteiger charge is -2.24. The molecule has 7 nitrogen and oxygen atoms in total. The minimum atomic E-state index is -0.204. The van der Waals surface area contributed by atoms with Gasteiger partial charge in [0.1, 0.15) is 5.75 Å². The Morgan fingerprint density at radius 3 is 2.72 bits per heavy atom. The van der Waals surface area contributed by atoms with E-state index in [0.29, 0.717) is 68.4 Å². The first kappa shape index (κ1) is 21.4. The monoisotopic (exact) mass is 421 g/mol. The summed E-state index contributed by atoms with van der Waals surface area (Å²) < 4.78 is 5.80. The number of ether oxygens (including phenoxy) is 1. The quantitative estimate of drug-likeness (QED) is 0.813. The zero-order valence-corrected chi connectivity index (χ0v) is 17.4. The van der Waals surface area contributed by atoms with Crippen LogP contribution in [0.25, 0.3) is 0 Å². The molecule has 0 spiro atoms. The number of carbonyl (C=O) groups excluding carboxylic acids is 3. The third-order valence-corrected chi connectivity index (χ3v) is 5.51. The number of rotatable bonds is 3. The van der Waals surface area contributed by atoms with Gasteiger partial charge in [0.25, 0.3) is 5.91 Å². The molecule has 1 aromatic carbocycles. The Morgan fingerprint density at radius 1 is 1.10 bits per heavy atom. The van der Waals surface area contributed by atoms with Crippen LogP contribution < -0.4 is 10.1 Å². The van der Waals surface area contributed by atoms with Crippen LogP contribution in [0.15, 0.2) is 18.2 Å². The lowest BCUT2D eigenvalue weighted by molar-refractivity contribution is -0.133. The SMILES string of the molecule is O=C1NCCCCN(C(=O)CCN2CCCC2=O)CCCOc2ccc(Cl)cc21. The lowest BCUT2D eigenvalue weighted by atomic mass is 10.2. The summed E-state index contributed by atoms with van der Waals surface area (Å²) in [4.78, 5) is 40.5. The number of hydrogen-bond acceptors (Lipinski definition) is 4. The zero-order chi connectivity index (χ0) is 20.6. The Hall–Kier alpha value is -2.28. The van der Waals surface area contributed by atoms with E-state index in [1.54, 1.807) is 23.1 Å². The third kappa shape index (κ3) is 6.10. The number of nitrogens with one attached hydrogen (secondary N) is 1. The molecule has 0 unspecified atom stereocenters. The van der Waals surface area contributed by atoms with E-state index in [1.165, 1.54) is 0 Å². The van der Waals surface area contributed by atoms with Gasteiger partial charge in [0.15, 0.2) is 0 Å². The van der Waals surface area contributed by atoms with Crippen LogP contribution in [0.5, 0.6) is 5.75 Å². The Labute approximate surface area is 176 Å². The fourth-order valence-electron chi connectivity index (χ4n) is 3.66. The van der Waals surface area contributed by atoms with Crippen molar-refractivity contribution in [1.29, 1.82) is 0 Å². The fourth-order valence-corrected chi connectivity index (χ4v) is 3.83. The molecule has 8 heteroatoms. The van der Waals surface area contributed by atoms with E-state index >= 15 is 0 Å². The predicted octanol–water partition coefficient (Wildman–Crippen LogP) is 2.47. The Bertz CT molecular complexity index is 755. The molecule has 3 amide bonds. The summed E-state index contributed by atoms with van der Waals surface area (Å²) >= 11 is 6.03. The standard InChI is InChI=1S/C21H28ClN3O4/c22-16-6-7-18-17(15-16)21(28)23-9-1-2-10-24(12-4-14-29-18)20(27)8-13-25-11-3-5-19(25)26/h6-7,15H,1-5,8-14H2,(H,23,28). The van der Waals surface area contributed by atoms with Gasteiger partial charge < -0.3 is 19.9 Å². The largest absolute Gasteiger partial charge is 0.493 e. The van der Waals surface area contributed by atoms with Crippen LogP contribution in [-0.4, -0.2) is 66.9 Å². The van der Waals surface area contributed by atoms with Gasteiger partial charge in [-0.3, -0.25) is 14.4 Å². The van der Waals surface area contributed by atoms with Gasteiger partial charge in [-0.1, -0.05) is 11.6 Å². The van der Waals surface area contributed by atoms with Gasteiger partial charge in [-0.15, -0.1) is 0 Å². The van der Waals surface area contributed by atoms with Crippen molar-refractivity contribution in [3.63, 3.8) is 0 Å². The van der Waals surface area contributed by atoms with Gasteiger partial charge in [-0.05, 0) is 43.9 Å². The molecule has 158 valence electrons. The summed E-state index contributed by atoms with van der Waals surface area (Å²) in [5.74, 6) is 0.503. The Morgan fingerprint density at radius 2 is 1.93 bits per heavy atom. The lowest BCUT2D eigenvalue weighted by Crippen LogP contribution is -2.37. The van der Waals surface area contributed by atoms with Gasteiger partial charge in [-0.2, -0.15) is 0 Å². The number of nitrogens with zero attached hydrogens (tertiary/aromatic N) is 2. The molecule has 2 heterocycles. The fraction of sp³-hybridized carbons (Fsp3) is 0.571. The first-order valence-corrected chi connectivity index (χ1v) is 10.7. The van der Waals surface area contributed by atoms with Crippen molar-refractivity contribution in [2.45, 2.75) is 38.5 Å². The van der Waals surface area contributed by atoms with E-state index in [2.05, 4.69) is 5.32 Å². The molecular weight excluding hydrogens is 394 g/mol. The van der Waals surface area contributed by atoms with E-state index in [9.17, 15) is 14.4 Å². The second-order valence-electron chi connectivity index (χ2n) is 7.42. The minimum Gasteiger partial charge on any atom is -0.493 e. The summed E-state index contributed by atoms with van der Waals surface area (Å²) in [6.07, 6.45) is 4.07. The van der Waals surface area contributed by atoms with Crippen LogP contribution in [0.4, 0.5) is 0 Å². The highest BCUT2D eigenvalue weighted by Crippen LogP contribution is 2.23. The number of carbonyl (C=O) groups is 3. The average molecular weight is 422 g/mol.